The first-order chi connectivity index (χ1) is 9.43. The predicted octanol–water partition coefficient (Wildman–Crippen LogP) is 4.16. The van der Waals surface area contributed by atoms with Crippen LogP contribution in [0.4, 0.5) is 0 Å². The number of hydrogen-bond donors (Lipinski definition) is 0. The second-order valence-electron chi connectivity index (χ2n) is 5.37. The maximum Gasteiger partial charge on any atom is 0.0648 e. The van der Waals surface area contributed by atoms with Gasteiger partial charge in [0, 0.05) is 26.2 Å². The molecule has 2 aliphatic heterocycles. The molecule has 0 unspecified atom stereocenters. The van der Waals surface area contributed by atoms with Gasteiger partial charge in [0.1, 0.15) is 0 Å². The molecule has 0 N–H and O–H groups in total. The first-order valence-electron chi connectivity index (χ1n) is 7.46. The van der Waals surface area contributed by atoms with Gasteiger partial charge in [0.15, 0.2) is 0 Å². The van der Waals surface area contributed by atoms with E-state index in [9.17, 15) is 0 Å². The molecule has 0 aliphatic carbocycles. The van der Waals surface area contributed by atoms with Crippen LogP contribution in [0.25, 0.3) is 6.08 Å². The van der Waals surface area contributed by atoms with E-state index in [2.05, 4.69) is 51.6 Å². The van der Waals surface area contributed by atoms with Crippen LogP contribution < -0.4 is 0 Å². The van der Waals surface area contributed by atoms with Gasteiger partial charge in [-0.2, -0.15) is 0 Å². The minimum absolute atomic E-state index is 0.200. The first-order valence-corrected chi connectivity index (χ1v) is 8.77. The molecule has 0 bridgehead atoms. The molecule has 1 aromatic carbocycles. The summed E-state index contributed by atoms with van der Waals surface area (Å²) in [5, 5.41) is 0. The molecule has 1 aromatic rings. The summed E-state index contributed by atoms with van der Waals surface area (Å²) >= 11 is 0. The normalized spacial score (nSPS) is 21.9. The Morgan fingerprint density at radius 1 is 0.789 bits per heavy atom. The van der Waals surface area contributed by atoms with Crippen LogP contribution >= 0.6 is 8.22 Å². The molecule has 2 heterocycles. The van der Waals surface area contributed by atoms with Crippen LogP contribution in [-0.4, -0.2) is 35.5 Å². The van der Waals surface area contributed by atoms with E-state index < -0.39 is 0 Å². The van der Waals surface area contributed by atoms with Gasteiger partial charge < -0.3 is 0 Å². The average Bonchev–Trinajstić information content (AvgIpc) is 3.13. The first kappa shape index (κ1) is 13.3. The molecule has 2 aliphatic rings. The molecule has 102 valence electrons. The fourth-order valence-corrected chi connectivity index (χ4v) is 5.32. The Balaban J connectivity index is 1.72. The van der Waals surface area contributed by atoms with Crippen LogP contribution in [0.2, 0.25) is 0 Å². The van der Waals surface area contributed by atoms with Crippen LogP contribution in [0, 0.1) is 0 Å². The SMILES string of the molecule is C(=C\P(N1CCCC1)N1CCCC1)/c1ccccc1. The van der Waals surface area contributed by atoms with E-state index in [0.29, 0.717) is 0 Å². The molecule has 3 rings (SSSR count). The molecule has 19 heavy (non-hydrogen) atoms. The molecule has 0 saturated carbocycles. The molecule has 0 atom stereocenters. The monoisotopic (exact) mass is 274 g/mol. The van der Waals surface area contributed by atoms with Crippen molar-refractivity contribution in [3.63, 3.8) is 0 Å². The Kier molecular flexibility index (Phi) is 4.66. The van der Waals surface area contributed by atoms with Crippen molar-refractivity contribution in [2.45, 2.75) is 25.7 Å². The van der Waals surface area contributed by atoms with Crippen LogP contribution in [0.15, 0.2) is 36.1 Å². The molecule has 2 nitrogen and oxygen atoms in total. The van der Waals surface area contributed by atoms with Gasteiger partial charge >= 0.3 is 0 Å². The molecule has 3 heteroatoms. The molecule has 0 amide bonds. The highest BCUT2D eigenvalue weighted by Crippen LogP contribution is 2.49. The average molecular weight is 274 g/mol. The van der Waals surface area contributed by atoms with Crippen molar-refractivity contribution >= 4 is 14.3 Å². The van der Waals surface area contributed by atoms with E-state index in [4.69, 9.17) is 0 Å². The number of benzene rings is 1. The van der Waals surface area contributed by atoms with Crippen molar-refractivity contribution in [1.82, 2.24) is 9.34 Å². The van der Waals surface area contributed by atoms with Crippen molar-refractivity contribution in [3.8, 4) is 0 Å². The number of nitrogens with zero attached hydrogens (tertiary/aromatic N) is 2. The fraction of sp³-hybridized carbons (Fsp3) is 0.500. The maximum atomic E-state index is 2.71. The quantitative estimate of drug-likeness (QED) is 0.761. The van der Waals surface area contributed by atoms with Crippen molar-refractivity contribution < 1.29 is 0 Å². The van der Waals surface area contributed by atoms with Crippen LogP contribution in [-0.2, 0) is 0 Å². The second kappa shape index (κ2) is 6.65. The lowest BCUT2D eigenvalue weighted by molar-refractivity contribution is 0.482. The maximum absolute atomic E-state index is 2.71. The highest BCUT2D eigenvalue weighted by atomic mass is 31.1. The molecule has 0 spiro atoms. The van der Waals surface area contributed by atoms with Gasteiger partial charge in [0.25, 0.3) is 0 Å². The zero-order valence-corrected chi connectivity index (χ0v) is 12.4. The van der Waals surface area contributed by atoms with Gasteiger partial charge in [0.05, 0.1) is 8.22 Å². The minimum Gasteiger partial charge on any atom is -0.267 e. The van der Waals surface area contributed by atoms with E-state index in [1.165, 1.54) is 57.4 Å². The largest absolute Gasteiger partial charge is 0.267 e. The molecule has 2 saturated heterocycles. The van der Waals surface area contributed by atoms with Crippen LogP contribution in [0.1, 0.15) is 31.2 Å². The third kappa shape index (κ3) is 3.45. The third-order valence-corrected chi connectivity index (χ3v) is 6.32. The van der Waals surface area contributed by atoms with E-state index in [0.717, 1.165) is 0 Å². The summed E-state index contributed by atoms with van der Waals surface area (Å²) in [7, 11) is -0.200. The van der Waals surface area contributed by atoms with E-state index >= 15 is 0 Å². The van der Waals surface area contributed by atoms with E-state index in [-0.39, 0.29) is 8.22 Å². The molecular weight excluding hydrogens is 251 g/mol. The van der Waals surface area contributed by atoms with Crippen LogP contribution in [0.3, 0.4) is 0 Å². The van der Waals surface area contributed by atoms with Gasteiger partial charge in [-0.15, -0.1) is 0 Å². The van der Waals surface area contributed by atoms with Crippen molar-refractivity contribution in [3.05, 3.63) is 41.7 Å². The standard InChI is InChI=1S/C16H23N2P/c1-2-8-16(9-3-1)10-15-19(17-11-4-5-12-17)18-13-6-7-14-18/h1-3,8-10,15H,4-7,11-14H2/b15-10+. The summed E-state index contributed by atoms with van der Waals surface area (Å²) in [6, 6.07) is 10.7. The van der Waals surface area contributed by atoms with Gasteiger partial charge in [0.2, 0.25) is 0 Å². The van der Waals surface area contributed by atoms with Crippen molar-refractivity contribution in [1.29, 1.82) is 0 Å². The van der Waals surface area contributed by atoms with Crippen molar-refractivity contribution in [2.75, 3.05) is 26.2 Å². The number of rotatable bonds is 4. The summed E-state index contributed by atoms with van der Waals surface area (Å²) in [4.78, 5) is 0. The highest BCUT2D eigenvalue weighted by molar-refractivity contribution is 7.56. The Hall–Kier alpha value is -0.690. The summed E-state index contributed by atoms with van der Waals surface area (Å²) in [5.41, 5.74) is 1.33. The van der Waals surface area contributed by atoms with Gasteiger partial charge in [-0.25, -0.2) is 0 Å². The van der Waals surface area contributed by atoms with Crippen LogP contribution in [0.5, 0.6) is 0 Å². The smallest absolute Gasteiger partial charge is 0.0648 e. The second-order valence-corrected chi connectivity index (χ2v) is 7.44. The Labute approximate surface area is 118 Å². The van der Waals surface area contributed by atoms with E-state index in [1.54, 1.807) is 0 Å². The topological polar surface area (TPSA) is 6.48 Å². The van der Waals surface area contributed by atoms with Gasteiger partial charge in [-0.3, -0.25) is 9.34 Å². The van der Waals surface area contributed by atoms with Gasteiger partial charge in [-0.1, -0.05) is 36.4 Å². The predicted molar refractivity (Wildman–Crippen MR) is 84.0 cm³/mol. The summed E-state index contributed by atoms with van der Waals surface area (Å²) < 4.78 is 5.42. The lowest BCUT2D eigenvalue weighted by Gasteiger charge is -2.32. The molecule has 2 fully saturated rings. The summed E-state index contributed by atoms with van der Waals surface area (Å²) in [6.07, 6.45) is 7.84. The molecule has 0 radical (unpaired) electrons. The van der Waals surface area contributed by atoms with E-state index in [1.807, 2.05) is 0 Å². The minimum atomic E-state index is -0.200. The number of hydrogen-bond acceptors (Lipinski definition) is 2. The molecular formula is C16H23N2P. The third-order valence-electron chi connectivity index (χ3n) is 3.94. The zero-order valence-electron chi connectivity index (χ0n) is 11.5. The van der Waals surface area contributed by atoms with Crippen molar-refractivity contribution in [2.24, 2.45) is 0 Å². The highest BCUT2D eigenvalue weighted by Gasteiger charge is 2.27. The summed E-state index contributed by atoms with van der Waals surface area (Å²) in [5.74, 6) is 2.47. The molecule has 0 aromatic heterocycles. The lowest BCUT2D eigenvalue weighted by Crippen LogP contribution is -2.23. The fourth-order valence-electron chi connectivity index (χ4n) is 2.90. The Bertz CT molecular complexity index is 390. The lowest BCUT2D eigenvalue weighted by atomic mass is 10.2. The summed E-state index contributed by atoms with van der Waals surface area (Å²) in [6.45, 7) is 5.17. The Morgan fingerprint density at radius 2 is 1.32 bits per heavy atom. The zero-order chi connectivity index (χ0) is 12.9. The Morgan fingerprint density at radius 3 is 1.84 bits per heavy atom. The van der Waals surface area contributed by atoms with Gasteiger partial charge in [-0.05, 0) is 37.1 Å².